The number of hydrogen-bond donors (Lipinski definition) is 1. The highest BCUT2D eigenvalue weighted by atomic mass is 32.2. The fourth-order valence-electron chi connectivity index (χ4n) is 2.03. The van der Waals surface area contributed by atoms with E-state index in [9.17, 15) is 22.0 Å². The summed E-state index contributed by atoms with van der Waals surface area (Å²) < 4.78 is 50.7. The number of carbonyl (C=O) groups is 1. The molecule has 1 N–H and O–H groups in total. The van der Waals surface area contributed by atoms with Crippen molar-refractivity contribution in [2.75, 3.05) is 45.3 Å². The van der Waals surface area contributed by atoms with E-state index in [1.54, 1.807) is 0 Å². The summed E-state index contributed by atoms with van der Waals surface area (Å²) >= 11 is 0. The summed E-state index contributed by atoms with van der Waals surface area (Å²) in [4.78, 5) is 13.8. The summed E-state index contributed by atoms with van der Waals surface area (Å²) in [5.41, 5.74) is 0.123. The Bertz CT molecular complexity index is 666. The van der Waals surface area contributed by atoms with E-state index in [4.69, 9.17) is 0 Å². The minimum absolute atomic E-state index is 0.0295. The molecule has 24 heavy (non-hydrogen) atoms. The van der Waals surface area contributed by atoms with Gasteiger partial charge in [0.15, 0.2) is 11.6 Å². The molecule has 0 saturated heterocycles. The predicted molar refractivity (Wildman–Crippen MR) is 89.2 cm³/mol. The summed E-state index contributed by atoms with van der Waals surface area (Å²) in [6.07, 6.45) is 1.66. The van der Waals surface area contributed by atoms with Crippen LogP contribution in [0, 0.1) is 11.6 Å². The maximum atomic E-state index is 13.1. The molecule has 0 aliphatic carbocycles. The topological polar surface area (TPSA) is 69.7 Å². The van der Waals surface area contributed by atoms with E-state index in [0.717, 1.165) is 24.9 Å². The van der Waals surface area contributed by atoms with Crippen molar-refractivity contribution in [2.45, 2.75) is 12.8 Å². The van der Waals surface area contributed by atoms with Crippen molar-refractivity contribution in [1.29, 1.82) is 0 Å². The minimum atomic E-state index is -3.42. The molecular weight excluding hydrogens is 340 g/mol. The van der Waals surface area contributed by atoms with E-state index in [0.29, 0.717) is 13.0 Å². The van der Waals surface area contributed by atoms with Crippen LogP contribution in [0.1, 0.15) is 12.8 Å². The van der Waals surface area contributed by atoms with Crippen LogP contribution < -0.4 is 5.32 Å². The fourth-order valence-corrected chi connectivity index (χ4v) is 2.91. The highest BCUT2D eigenvalue weighted by Crippen LogP contribution is 2.13. The molecule has 0 aliphatic rings. The quantitative estimate of drug-likeness (QED) is 0.722. The molecule has 0 aliphatic heterocycles. The zero-order valence-corrected chi connectivity index (χ0v) is 14.9. The Morgan fingerprint density at radius 3 is 2.33 bits per heavy atom. The van der Waals surface area contributed by atoms with Gasteiger partial charge in [0.1, 0.15) is 0 Å². The lowest BCUT2D eigenvalue weighted by Crippen LogP contribution is -2.35. The molecule has 0 spiro atoms. The molecule has 136 valence electrons. The lowest BCUT2D eigenvalue weighted by Gasteiger charge is -2.20. The van der Waals surface area contributed by atoms with E-state index in [1.807, 2.05) is 19.0 Å². The van der Waals surface area contributed by atoms with E-state index in [-0.39, 0.29) is 18.7 Å². The van der Waals surface area contributed by atoms with E-state index in [1.165, 1.54) is 10.4 Å². The standard InChI is InChI=1S/C15H23F2N3O3S/c1-19(2)8-4-9-20(24(3,22)23)10-7-15(21)18-12-5-6-13(16)14(17)11-12/h5-6,11H,4,7-10H2,1-3H3,(H,18,21). The molecule has 1 aromatic carbocycles. The number of rotatable bonds is 9. The van der Waals surface area contributed by atoms with Gasteiger partial charge in [0.25, 0.3) is 0 Å². The largest absolute Gasteiger partial charge is 0.326 e. The van der Waals surface area contributed by atoms with Crippen LogP contribution in [0.2, 0.25) is 0 Å². The van der Waals surface area contributed by atoms with Gasteiger partial charge in [-0.1, -0.05) is 0 Å². The predicted octanol–water partition coefficient (Wildman–Crippen LogP) is 1.51. The van der Waals surface area contributed by atoms with Gasteiger partial charge in [0.2, 0.25) is 15.9 Å². The van der Waals surface area contributed by atoms with Crippen molar-refractivity contribution in [3.05, 3.63) is 29.8 Å². The molecule has 0 saturated carbocycles. The summed E-state index contributed by atoms with van der Waals surface area (Å²) in [5, 5.41) is 2.42. The van der Waals surface area contributed by atoms with Crippen molar-refractivity contribution in [2.24, 2.45) is 0 Å². The second-order valence-corrected chi connectivity index (χ2v) is 7.73. The van der Waals surface area contributed by atoms with Gasteiger partial charge in [0, 0.05) is 31.3 Å². The molecule has 9 heteroatoms. The van der Waals surface area contributed by atoms with Gasteiger partial charge in [-0.25, -0.2) is 21.5 Å². The first-order valence-corrected chi connectivity index (χ1v) is 9.29. The third-order valence-corrected chi connectivity index (χ3v) is 4.58. The lowest BCUT2D eigenvalue weighted by molar-refractivity contribution is -0.116. The zero-order chi connectivity index (χ0) is 18.3. The van der Waals surface area contributed by atoms with Crippen LogP contribution in [0.25, 0.3) is 0 Å². The van der Waals surface area contributed by atoms with Crippen LogP contribution in [0.5, 0.6) is 0 Å². The molecule has 1 rings (SSSR count). The van der Waals surface area contributed by atoms with Crippen LogP contribution in [-0.4, -0.2) is 63.5 Å². The Kier molecular flexibility index (Phi) is 7.71. The first-order valence-electron chi connectivity index (χ1n) is 7.44. The minimum Gasteiger partial charge on any atom is -0.326 e. The number of sulfonamides is 1. The summed E-state index contributed by atoms with van der Waals surface area (Å²) in [7, 11) is 0.359. The molecular formula is C15H23F2N3O3S. The van der Waals surface area contributed by atoms with Gasteiger partial charge in [-0.15, -0.1) is 0 Å². The highest BCUT2D eigenvalue weighted by molar-refractivity contribution is 7.88. The number of carbonyl (C=O) groups excluding carboxylic acids is 1. The summed E-state index contributed by atoms with van der Waals surface area (Å²) in [6, 6.07) is 3.02. The molecule has 0 atom stereocenters. The van der Waals surface area contributed by atoms with Crippen molar-refractivity contribution in [3.8, 4) is 0 Å². The molecule has 0 unspecified atom stereocenters. The molecule has 1 amide bonds. The van der Waals surface area contributed by atoms with Crippen molar-refractivity contribution < 1.29 is 22.0 Å². The van der Waals surface area contributed by atoms with Crippen molar-refractivity contribution >= 4 is 21.6 Å². The van der Waals surface area contributed by atoms with Crippen LogP contribution in [0.15, 0.2) is 18.2 Å². The van der Waals surface area contributed by atoms with Crippen LogP contribution in [-0.2, 0) is 14.8 Å². The van der Waals surface area contributed by atoms with E-state index in [2.05, 4.69) is 5.32 Å². The Balaban J connectivity index is 2.55. The number of benzene rings is 1. The van der Waals surface area contributed by atoms with Gasteiger partial charge in [-0.3, -0.25) is 4.79 Å². The van der Waals surface area contributed by atoms with Gasteiger partial charge < -0.3 is 10.2 Å². The second kappa shape index (κ2) is 9.05. The van der Waals surface area contributed by atoms with Gasteiger partial charge >= 0.3 is 0 Å². The second-order valence-electron chi connectivity index (χ2n) is 5.75. The first-order chi connectivity index (χ1) is 11.1. The number of amides is 1. The maximum absolute atomic E-state index is 13.1. The number of halogens is 2. The van der Waals surface area contributed by atoms with Gasteiger partial charge in [-0.2, -0.15) is 0 Å². The maximum Gasteiger partial charge on any atom is 0.225 e. The first kappa shape index (κ1) is 20.5. The third kappa shape index (κ3) is 7.33. The zero-order valence-electron chi connectivity index (χ0n) is 14.1. The van der Waals surface area contributed by atoms with Crippen molar-refractivity contribution in [1.82, 2.24) is 9.21 Å². The summed E-state index contributed by atoms with van der Waals surface area (Å²) in [6.45, 7) is 1.07. The van der Waals surface area contributed by atoms with Crippen molar-refractivity contribution in [3.63, 3.8) is 0 Å². The molecule has 0 heterocycles. The molecule has 0 bridgehead atoms. The Morgan fingerprint density at radius 2 is 1.79 bits per heavy atom. The van der Waals surface area contributed by atoms with Crippen LogP contribution in [0.3, 0.4) is 0 Å². The number of nitrogens with one attached hydrogen (secondary N) is 1. The Labute approximate surface area is 141 Å². The molecule has 1 aromatic rings. The molecule has 0 fully saturated rings. The lowest BCUT2D eigenvalue weighted by atomic mass is 10.3. The molecule has 6 nitrogen and oxygen atoms in total. The number of nitrogens with zero attached hydrogens (tertiary/aromatic N) is 2. The SMILES string of the molecule is CN(C)CCCN(CCC(=O)Nc1ccc(F)c(F)c1)S(C)(=O)=O. The summed E-state index contributed by atoms with van der Waals surface area (Å²) in [5.74, 6) is -2.53. The third-order valence-electron chi connectivity index (χ3n) is 3.27. The average molecular weight is 363 g/mol. The monoisotopic (exact) mass is 363 g/mol. The van der Waals surface area contributed by atoms with Crippen LogP contribution in [0.4, 0.5) is 14.5 Å². The van der Waals surface area contributed by atoms with E-state index < -0.39 is 27.6 Å². The van der Waals surface area contributed by atoms with Crippen LogP contribution >= 0.6 is 0 Å². The average Bonchev–Trinajstić information content (AvgIpc) is 2.45. The van der Waals surface area contributed by atoms with Gasteiger partial charge in [-0.05, 0) is 39.2 Å². The molecule has 0 radical (unpaired) electrons. The van der Waals surface area contributed by atoms with Gasteiger partial charge in [0.05, 0.1) is 6.26 Å². The smallest absolute Gasteiger partial charge is 0.225 e. The van der Waals surface area contributed by atoms with E-state index >= 15 is 0 Å². The Morgan fingerprint density at radius 1 is 1.12 bits per heavy atom. The fraction of sp³-hybridized carbons (Fsp3) is 0.533. The number of anilines is 1. The number of hydrogen-bond acceptors (Lipinski definition) is 4. The highest BCUT2D eigenvalue weighted by Gasteiger charge is 2.17. The Hall–Kier alpha value is -1.58. The molecule has 0 aromatic heterocycles. The normalized spacial score (nSPS) is 12.0.